The highest BCUT2D eigenvalue weighted by Gasteiger charge is 2.43. The summed E-state index contributed by atoms with van der Waals surface area (Å²) < 4.78 is 5.69. The number of ether oxygens (including phenoxy) is 1. The standard InChI is InChI=1S/C32H47N3O9/c1-5-7-8-9-10-11-12-13-14-15-16-17-18-19-23-24(34(40)41)20-25(35(42)43)30(44-6-2)28(23)29-26(31(36)37)21(3)33-22(4)27(29)32(38)39/h20,29,33H,5-19H2,1-4H3,(H,36,37)(H,38,39). The maximum atomic E-state index is 12.5. The van der Waals surface area contributed by atoms with E-state index in [1.54, 1.807) is 6.92 Å². The van der Waals surface area contributed by atoms with Gasteiger partial charge in [-0.3, -0.25) is 20.2 Å². The first-order valence-electron chi connectivity index (χ1n) is 15.7. The van der Waals surface area contributed by atoms with Crippen LogP contribution in [0.15, 0.2) is 28.6 Å². The smallest absolute Gasteiger partial charge is 0.334 e. The van der Waals surface area contributed by atoms with Gasteiger partial charge in [-0.2, -0.15) is 0 Å². The Morgan fingerprint density at radius 1 is 0.773 bits per heavy atom. The zero-order chi connectivity index (χ0) is 32.8. The summed E-state index contributed by atoms with van der Waals surface area (Å²) in [6, 6.07) is 0.835. The van der Waals surface area contributed by atoms with E-state index in [1.165, 1.54) is 58.8 Å². The summed E-state index contributed by atoms with van der Waals surface area (Å²) in [7, 11) is 0. The van der Waals surface area contributed by atoms with Gasteiger partial charge >= 0.3 is 17.6 Å². The Hall–Kier alpha value is -3.96. The summed E-state index contributed by atoms with van der Waals surface area (Å²) in [6.45, 7) is 6.63. The lowest BCUT2D eigenvalue weighted by molar-refractivity contribution is -0.395. The molecule has 44 heavy (non-hydrogen) atoms. The number of nitro groups is 2. The van der Waals surface area contributed by atoms with Gasteiger partial charge in [-0.15, -0.1) is 0 Å². The molecule has 0 amide bonds. The average Bonchev–Trinajstić information content (AvgIpc) is 2.94. The molecule has 0 bridgehead atoms. The minimum Gasteiger partial charge on any atom is -0.487 e. The van der Waals surface area contributed by atoms with Gasteiger partial charge in [0.25, 0.3) is 5.69 Å². The number of carboxylic acids is 2. The monoisotopic (exact) mass is 617 g/mol. The third-order valence-corrected chi connectivity index (χ3v) is 8.11. The van der Waals surface area contributed by atoms with Crippen LogP contribution in [0.5, 0.6) is 5.75 Å². The van der Waals surface area contributed by atoms with E-state index >= 15 is 0 Å². The normalized spacial score (nSPS) is 13.6. The number of carboxylic acid groups (broad SMARTS) is 2. The van der Waals surface area contributed by atoms with Gasteiger partial charge in [-0.25, -0.2) is 9.59 Å². The average molecular weight is 618 g/mol. The summed E-state index contributed by atoms with van der Waals surface area (Å²) in [5, 5.41) is 47.5. The van der Waals surface area contributed by atoms with E-state index in [-0.39, 0.29) is 52.4 Å². The summed E-state index contributed by atoms with van der Waals surface area (Å²) in [5.41, 5.74) is -1.84. The van der Waals surface area contributed by atoms with Crippen LogP contribution >= 0.6 is 0 Å². The lowest BCUT2D eigenvalue weighted by Gasteiger charge is -2.31. The number of rotatable bonds is 21. The second-order valence-corrected chi connectivity index (χ2v) is 11.3. The maximum Gasteiger partial charge on any atom is 0.334 e. The van der Waals surface area contributed by atoms with E-state index in [2.05, 4.69) is 12.2 Å². The van der Waals surface area contributed by atoms with Crippen molar-refractivity contribution in [3.8, 4) is 5.75 Å². The fourth-order valence-electron chi connectivity index (χ4n) is 6.03. The Bertz CT molecular complexity index is 1230. The predicted octanol–water partition coefficient (Wildman–Crippen LogP) is 7.94. The number of aliphatic carboxylic acids is 2. The Balaban J connectivity index is 2.41. The molecular formula is C32H47N3O9. The number of nitrogens with one attached hydrogen (secondary N) is 1. The third-order valence-electron chi connectivity index (χ3n) is 8.11. The molecule has 1 aromatic rings. The minimum atomic E-state index is -1.54. The number of nitro benzene ring substituents is 2. The molecule has 3 N–H and O–H groups in total. The first-order chi connectivity index (χ1) is 21.0. The van der Waals surface area contributed by atoms with Crippen molar-refractivity contribution in [2.24, 2.45) is 0 Å². The Morgan fingerprint density at radius 3 is 1.59 bits per heavy atom. The molecule has 0 atom stereocenters. The quantitative estimate of drug-likeness (QED) is 0.0695. The molecule has 0 spiro atoms. The van der Waals surface area contributed by atoms with Crippen molar-refractivity contribution in [1.82, 2.24) is 5.32 Å². The van der Waals surface area contributed by atoms with E-state index in [0.717, 1.165) is 38.2 Å². The number of dihydropyridines is 1. The molecule has 12 nitrogen and oxygen atoms in total. The van der Waals surface area contributed by atoms with Gasteiger partial charge in [-0.05, 0) is 33.6 Å². The first kappa shape index (κ1) is 36.2. The van der Waals surface area contributed by atoms with Crippen LogP contribution in [0.3, 0.4) is 0 Å². The van der Waals surface area contributed by atoms with Gasteiger partial charge in [0.1, 0.15) is 0 Å². The van der Waals surface area contributed by atoms with E-state index in [4.69, 9.17) is 4.74 Å². The fraction of sp³-hybridized carbons (Fsp3) is 0.625. The largest absolute Gasteiger partial charge is 0.487 e. The first-order valence-corrected chi connectivity index (χ1v) is 15.7. The molecular weight excluding hydrogens is 570 g/mol. The molecule has 0 fully saturated rings. The van der Waals surface area contributed by atoms with Crippen LogP contribution in [0.4, 0.5) is 11.4 Å². The van der Waals surface area contributed by atoms with Gasteiger partial charge in [0, 0.05) is 22.5 Å². The van der Waals surface area contributed by atoms with Crippen molar-refractivity contribution in [3.63, 3.8) is 0 Å². The zero-order valence-corrected chi connectivity index (χ0v) is 26.4. The molecule has 0 aliphatic carbocycles. The molecule has 0 saturated carbocycles. The summed E-state index contributed by atoms with van der Waals surface area (Å²) in [6.07, 6.45) is 14.4. The third kappa shape index (κ3) is 9.52. The lowest BCUT2D eigenvalue weighted by atomic mass is 9.76. The number of nitrogens with zero attached hydrogens (tertiary/aromatic N) is 2. The van der Waals surface area contributed by atoms with Crippen LogP contribution in [-0.4, -0.2) is 38.6 Å². The number of carbonyl (C=O) groups is 2. The van der Waals surface area contributed by atoms with E-state index in [0.29, 0.717) is 6.42 Å². The van der Waals surface area contributed by atoms with Gasteiger partial charge in [0.15, 0.2) is 0 Å². The second kappa shape index (κ2) is 18.0. The SMILES string of the molecule is CCCCCCCCCCCCCCCc1c([N+](=O)[O-])cc([N+](=O)[O-])c(OCC)c1C1C(C(=O)O)=C(C)NC(C)=C1C(=O)O. The van der Waals surface area contributed by atoms with Crippen LogP contribution in [0.1, 0.15) is 128 Å². The highest BCUT2D eigenvalue weighted by Crippen LogP contribution is 2.50. The van der Waals surface area contributed by atoms with E-state index in [9.17, 15) is 40.0 Å². The van der Waals surface area contributed by atoms with Crippen LogP contribution in [0, 0.1) is 20.2 Å². The topological polar surface area (TPSA) is 182 Å². The zero-order valence-electron chi connectivity index (χ0n) is 26.4. The van der Waals surface area contributed by atoms with Crippen LogP contribution in [-0.2, 0) is 16.0 Å². The van der Waals surface area contributed by atoms with Crippen molar-refractivity contribution >= 4 is 23.3 Å². The Labute approximate surface area is 258 Å². The number of hydrogen-bond donors (Lipinski definition) is 3. The maximum absolute atomic E-state index is 12.5. The molecule has 1 aliphatic rings. The molecule has 244 valence electrons. The highest BCUT2D eigenvalue weighted by molar-refractivity contribution is 5.99. The van der Waals surface area contributed by atoms with Crippen molar-refractivity contribution < 1.29 is 34.4 Å². The molecule has 0 saturated heterocycles. The predicted molar refractivity (Wildman–Crippen MR) is 167 cm³/mol. The van der Waals surface area contributed by atoms with Crippen LogP contribution in [0.25, 0.3) is 0 Å². The van der Waals surface area contributed by atoms with E-state index in [1.807, 2.05) is 0 Å². The van der Waals surface area contributed by atoms with E-state index < -0.39 is 39.1 Å². The van der Waals surface area contributed by atoms with Gasteiger partial charge in [-0.1, -0.05) is 84.0 Å². The van der Waals surface area contributed by atoms with Gasteiger partial charge in [0.05, 0.1) is 39.6 Å². The van der Waals surface area contributed by atoms with Gasteiger partial charge < -0.3 is 20.3 Å². The molecule has 1 aromatic carbocycles. The summed E-state index contributed by atoms with van der Waals surface area (Å²) >= 11 is 0. The molecule has 0 unspecified atom stereocenters. The number of hydrogen-bond acceptors (Lipinski definition) is 8. The number of unbranched alkanes of at least 4 members (excludes halogenated alkanes) is 12. The minimum absolute atomic E-state index is 0.0529. The summed E-state index contributed by atoms with van der Waals surface area (Å²) in [4.78, 5) is 47.8. The van der Waals surface area contributed by atoms with Crippen molar-refractivity contribution in [2.75, 3.05) is 6.61 Å². The van der Waals surface area contributed by atoms with Crippen molar-refractivity contribution in [2.45, 2.75) is 124 Å². The van der Waals surface area contributed by atoms with Crippen molar-refractivity contribution in [3.05, 3.63) is 60.0 Å². The highest BCUT2D eigenvalue weighted by atomic mass is 16.6. The summed E-state index contributed by atoms with van der Waals surface area (Å²) in [5.74, 6) is -4.79. The second-order valence-electron chi connectivity index (χ2n) is 11.3. The molecule has 2 rings (SSSR count). The molecule has 0 radical (unpaired) electrons. The fourth-order valence-corrected chi connectivity index (χ4v) is 6.03. The Morgan fingerprint density at radius 2 is 1.20 bits per heavy atom. The van der Waals surface area contributed by atoms with Crippen molar-refractivity contribution in [1.29, 1.82) is 0 Å². The molecule has 1 aliphatic heterocycles. The molecule has 0 aromatic heterocycles. The van der Waals surface area contributed by atoms with Crippen LogP contribution in [0.2, 0.25) is 0 Å². The molecule has 12 heteroatoms. The lowest BCUT2D eigenvalue weighted by Crippen LogP contribution is -2.32. The molecule has 1 heterocycles. The number of benzene rings is 1. The number of allylic oxidation sites excluding steroid dienone is 2. The Kier molecular flexibility index (Phi) is 14.8. The van der Waals surface area contributed by atoms with Crippen LogP contribution < -0.4 is 10.1 Å². The van der Waals surface area contributed by atoms with Gasteiger partial charge in [0.2, 0.25) is 5.75 Å².